The van der Waals surface area contributed by atoms with Crippen molar-refractivity contribution < 1.29 is 13.2 Å². The minimum absolute atomic E-state index is 0.00833. The van der Waals surface area contributed by atoms with Crippen LogP contribution in [-0.2, 0) is 12.5 Å². The number of hydrogen-bond acceptors (Lipinski definition) is 6. The van der Waals surface area contributed by atoms with Gasteiger partial charge in [-0.3, -0.25) is 4.90 Å². The van der Waals surface area contributed by atoms with Crippen molar-refractivity contribution in [3.8, 4) is 0 Å². The third-order valence-corrected chi connectivity index (χ3v) is 12.7. The average molecular weight is 682 g/mol. The molecule has 2 atom stereocenters. The zero-order valence-electron chi connectivity index (χ0n) is 27.9. The molecule has 0 saturated carbocycles. The van der Waals surface area contributed by atoms with Crippen LogP contribution in [-0.4, -0.2) is 63.5 Å². The number of fused-ring (bicyclic) bond motifs is 8. The molecule has 1 aromatic heterocycles. The molecule has 2 radical (unpaired) electrons. The first kappa shape index (κ1) is 34.6. The fraction of sp³-hybridized carbons (Fsp3) is 0.583. The molecule has 2 fully saturated rings. The van der Waals surface area contributed by atoms with Crippen LogP contribution in [0.2, 0.25) is 0 Å². The van der Waals surface area contributed by atoms with Crippen molar-refractivity contribution in [3.63, 3.8) is 0 Å². The third kappa shape index (κ3) is 7.09. The van der Waals surface area contributed by atoms with Crippen molar-refractivity contribution in [2.45, 2.75) is 94.9 Å². The highest BCUT2D eigenvalue weighted by Gasteiger charge is 2.45. The van der Waals surface area contributed by atoms with E-state index < -0.39 is 34.0 Å². The molecule has 0 aliphatic carbocycles. The molecular weight excluding hydrogens is 634 g/mol. The summed E-state index contributed by atoms with van der Waals surface area (Å²) in [6.45, 7) is 11.6. The van der Waals surface area contributed by atoms with E-state index in [4.69, 9.17) is 30.4 Å². The number of rotatable bonds is 1. The summed E-state index contributed by atoms with van der Waals surface area (Å²) in [5.74, 6) is 4.08. The summed E-state index contributed by atoms with van der Waals surface area (Å²) in [4.78, 5) is 13.5. The van der Waals surface area contributed by atoms with Crippen LogP contribution in [0.4, 0.5) is 24.8 Å². The van der Waals surface area contributed by atoms with Crippen LogP contribution >= 0.6 is 23.1 Å². The zero-order valence-corrected chi connectivity index (χ0v) is 29.6. The minimum atomic E-state index is -3.29. The molecule has 7 rings (SSSR count). The number of thiol groups is 1. The molecule has 1 N–H and O–H groups in total. The van der Waals surface area contributed by atoms with Crippen molar-refractivity contribution in [2.24, 2.45) is 11.8 Å². The molecule has 1 aromatic carbocycles. The zero-order chi connectivity index (χ0) is 33.7. The summed E-state index contributed by atoms with van der Waals surface area (Å²) in [6, 6.07) is 4.28. The third-order valence-electron chi connectivity index (χ3n) is 10.5. The van der Waals surface area contributed by atoms with Crippen LogP contribution in [0.25, 0.3) is 6.08 Å². The van der Waals surface area contributed by atoms with Gasteiger partial charge in [0.05, 0.1) is 16.0 Å². The van der Waals surface area contributed by atoms with Crippen molar-refractivity contribution in [3.05, 3.63) is 64.4 Å². The van der Waals surface area contributed by atoms with Crippen molar-refractivity contribution in [1.29, 1.82) is 0 Å². The molecule has 11 heteroatoms. The molecule has 5 nitrogen and oxygen atoms in total. The number of anilines is 2. The summed E-state index contributed by atoms with van der Waals surface area (Å²) in [5.41, 5.74) is 1.57. The number of aryl methyl sites for hydroxylation is 1. The number of nitrogens with zero attached hydrogens (tertiary/aromatic N) is 4. The van der Waals surface area contributed by atoms with Crippen molar-refractivity contribution in [1.82, 2.24) is 14.9 Å². The summed E-state index contributed by atoms with van der Waals surface area (Å²) in [6.07, 6.45) is 8.13. The summed E-state index contributed by atoms with van der Waals surface area (Å²) in [5, 5.41) is 3.30. The van der Waals surface area contributed by atoms with Gasteiger partial charge in [0.15, 0.2) is 0 Å². The highest BCUT2D eigenvalue weighted by atomic mass is 32.2. The van der Waals surface area contributed by atoms with Gasteiger partial charge in [-0.2, -0.15) is 23.1 Å². The first-order chi connectivity index (χ1) is 22.2. The summed E-state index contributed by atoms with van der Waals surface area (Å²) >= 11 is 4.95. The summed E-state index contributed by atoms with van der Waals surface area (Å²) in [7, 11) is 7.38. The lowest BCUT2D eigenvalue weighted by molar-refractivity contribution is -0.0698. The smallest absolute Gasteiger partial charge is 0.276 e. The van der Waals surface area contributed by atoms with Crippen LogP contribution in [0.15, 0.2) is 36.0 Å². The molecule has 0 spiro atoms. The highest BCUT2D eigenvalue weighted by Crippen LogP contribution is 2.47. The van der Waals surface area contributed by atoms with Gasteiger partial charge in [0.25, 0.3) is 5.92 Å². The molecule has 2 aromatic rings. The van der Waals surface area contributed by atoms with Gasteiger partial charge < -0.3 is 10.2 Å². The van der Waals surface area contributed by atoms with Crippen molar-refractivity contribution in [2.75, 3.05) is 34.8 Å². The maximum atomic E-state index is 15.9. The Morgan fingerprint density at radius 3 is 2.51 bits per heavy atom. The van der Waals surface area contributed by atoms with E-state index >= 15 is 13.2 Å². The average Bonchev–Trinajstić information content (AvgIpc) is 2.97. The Bertz CT molecular complexity index is 1580. The molecule has 252 valence electrons. The Morgan fingerprint density at radius 2 is 1.79 bits per heavy atom. The van der Waals surface area contributed by atoms with Gasteiger partial charge in [0, 0.05) is 42.8 Å². The first-order valence-corrected chi connectivity index (χ1v) is 19.1. The van der Waals surface area contributed by atoms with E-state index in [1.54, 1.807) is 6.07 Å². The Morgan fingerprint density at radius 1 is 1.09 bits per heavy atom. The molecule has 2 saturated heterocycles. The Labute approximate surface area is 287 Å². The Hall–Kier alpha value is -2.24. The van der Waals surface area contributed by atoms with Gasteiger partial charge in [0.2, 0.25) is 0 Å². The number of nitrogens with one attached hydrogen (secondary N) is 1. The number of benzene rings is 1. The van der Waals surface area contributed by atoms with E-state index in [1.807, 2.05) is 13.8 Å². The second-order valence-corrected chi connectivity index (χ2v) is 17.5. The van der Waals surface area contributed by atoms with Crippen LogP contribution in [0.5, 0.6) is 0 Å². The molecule has 2 unspecified atom stereocenters. The number of aromatic nitrogens is 2. The van der Waals surface area contributed by atoms with Gasteiger partial charge in [-0.1, -0.05) is 49.9 Å². The monoisotopic (exact) mass is 681 g/mol. The first-order valence-electron chi connectivity index (χ1n) is 16.9. The Kier molecular flexibility index (Phi) is 9.75. The standard InChI is InChI=1S/C36H47BF3N5S2/c1-23-28(26-12-16-47(5)17-13-26)18-29-32-41-20-27-10-9-11-30(31(27)38)36(39,40)19-25-21-44(22-25)35(4,46)15-8-6-7-14-34(3,37)45(23)33(29)43-24(2)42-32/h9-11,18,25-26,46H,1,5-8,12-17,19-22H2,2-4H3,(H,41,42,43). The van der Waals surface area contributed by atoms with Crippen LogP contribution in [0, 0.1) is 24.6 Å². The quantitative estimate of drug-likeness (QED) is 0.180. The predicted octanol–water partition coefficient (Wildman–Crippen LogP) is 8.27. The predicted molar refractivity (Wildman–Crippen MR) is 195 cm³/mol. The van der Waals surface area contributed by atoms with Crippen LogP contribution in [0.1, 0.15) is 87.7 Å². The lowest BCUT2D eigenvalue weighted by Gasteiger charge is -2.49. The molecule has 5 aliphatic rings. The van der Waals surface area contributed by atoms with Crippen molar-refractivity contribution >= 4 is 54.5 Å². The SMILES string of the molecule is [B]C1(C)CCCCCC(C)(S)N2CC(C2)CC(F)(F)c2cccc(c2F)CNc2nc(C)nc3c2C=C(C2CCS(=C)CC2)C(=C)N31. The fourth-order valence-corrected chi connectivity index (χ4v) is 9.47. The fourth-order valence-electron chi connectivity index (χ4n) is 7.71. The second-order valence-electron chi connectivity index (χ2n) is 14.5. The largest absolute Gasteiger partial charge is 0.365 e. The molecule has 8 bridgehead atoms. The Balaban J connectivity index is 1.40. The lowest BCUT2D eigenvalue weighted by Crippen LogP contribution is -2.56. The topological polar surface area (TPSA) is 44.3 Å². The highest BCUT2D eigenvalue weighted by molar-refractivity contribution is 8.14. The maximum absolute atomic E-state index is 15.9. The number of hydrogen-bond donors (Lipinski definition) is 2. The van der Waals surface area contributed by atoms with E-state index in [2.05, 4.69) is 40.6 Å². The molecule has 0 amide bonds. The normalized spacial score (nSPS) is 33.1. The number of alkyl halides is 2. The maximum Gasteiger partial charge on any atom is 0.276 e. The van der Waals surface area contributed by atoms with E-state index in [1.165, 1.54) is 12.1 Å². The molecule has 6 heterocycles. The van der Waals surface area contributed by atoms with Gasteiger partial charge in [-0.15, -0.1) is 0 Å². The van der Waals surface area contributed by atoms with Gasteiger partial charge >= 0.3 is 0 Å². The minimum Gasteiger partial charge on any atom is -0.365 e. The van der Waals surface area contributed by atoms with Gasteiger partial charge in [-0.05, 0) is 81.4 Å². The number of allylic oxidation sites excluding steroid dienone is 1. The lowest BCUT2D eigenvalue weighted by atomic mass is 9.72. The van der Waals surface area contributed by atoms with E-state index in [0.717, 1.165) is 73.3 Å². The van der Waals surface area contributed by atoms with Crippen LogP contribution in [0.3, 0.4) is 0 Å². The molecule has 47 heavy (non-hydrogen) atoms. The second kappa shape index (κ2) is 13.2. The van der Waals surface area contributed by atoms with E-state index in [9.17, 15) is 0 Å². The summed E-state index contributed by atoms with van der Waals surface area (Å²) < 4.78 is 47.1. The number of halogens is 3. The van der Waals surface area contributed by atoms with Crippen LogP contribution < -0.4 is 10.2 Å². The van der Waals surface area contributed by atoms with E-state index in [0.29, 0.717) is 36.5 Å². The van der Waals surface area contributed by atoms with E-state index in [-0.39, 0.29) is 28.5 Å². The molecular formula is C36H47BF3N5S2. The van der Waals surface area contributed by atoms with Gasteiger partial charge in [0.1, 0.15) is 31.1 Å². The molecule has 5 aliphatic heterocycles. The van der Waals surface area contributed by atoms with Gasteiger partial charge in [-0.25, -0.2) is 23.1 Å².